The van der Waals surface area contributed by atoms with E-state index in [4.69, 9.17) is 4.18 Å². The van der Waals surface area contributed by atoms with Gasteiger partial charge in [-0.3, -0.25) is 4.18 Å². The van der Waals surface area contributed by atoms with Gasteiger partial charge in [0.1, 0.15) is 17.2 Å². The van der Waals surface area contributed by atoms with E-state index in [1.54, 1.807) is 72.8 Å². The Bertz CT molecular complexity index is 792. The SMILES string of the molecule is CC(=[OH+])OS(c1ccc(O)cc1)(c1ccc(O)cc1)c1ccc(O)cc1. The van der Waals surface area contributed by atoms with Gasteiger partial charge in [-0.15, -0.1) is 0 Å². The maximum Gasteiger partial charge on any atom is 0.492 e. The van der Waals surface area contributed by atoms with Gasteiger partial charge < -0.3 is 20.1 Å². The summed E-state index contributed by atoms with van der Waals surface area (Å²) in [5.41, 5.74) is 0. The molecule has 0 aromatic heterocycles. The van der Waals surface area contributed by atoms with Crippen molar-refractivity contribution >= 4 is 16.3 Å². The Balaban J connectivity index is 2.33. The molecule has 6 heteroatoms. The Morgan fingerprint density at radius 3 is 1.15 bits per heavy atom. The van der Waals surface area contributed by atoms with E-state index in [1.807, 2.05) is 0 Å². The number of aromatic hydroxyl groups is 3. The lowest BCUT2D eigenvalue weighted by Gasteiger charge is -2.32. The molecule has 0 atom stereocenters. The van der Waals surface area contributed by atoms with Gasteiger partial charge in [0.05, 0.1) is 31.9 Å². The minimum Gasteiger partial charge on any atom is -0.508 e. The Hall–Kier alpha value is -3.12. The highest BCUT2D eigenvalue weighted by Crippen LogP contribution is 2.69. The molecule has 0 aliphatic carbocycles. The highest BCUT2D eigenvalue weighted by molar-refractivity contribution is 8.30. The lowest BCUT2D eigenvalue weighted by Crippen LogP contribution is -2.11. The van der Waals surface area contributed by atoms with Crippen LogP contribution in [0.2, 0.25) is 0 Å². The fourth-order valence-electron chi connectivity index (χ4n) is 2.65. The van der Waals surface area contributed by atoms with E-state index in [1.165, 1.54) is 6.92 Å². The van der Waals surface area contributed by atoms with Crippen LogP contribution in [0.3, 0.4) is 0 Å². The van der Waals surface area contributed by atoms with Crippen LogP contribution >= 0.6 is 10.3 Å². The Morgan fingerprint density at radius 2 is 0.923 bits per heavy atom. The van der Waals surface area contributed by atoms with Crippen LogP contribution in [-0.4, -0.2) is 26.1 Å². The third kappa shape index (κ3) is 3.32. The first kappa shape index (κ1) is 17.7. The summed E-state index contributed by atoms with van der Waals surface area (Å²) in [4.78, 5) is 12.2. The molecule has 0 aliphatic rings. The number of phenolic OH excluding ortho intramolecular Hbond substituents is 3. The molecule has 0 bridgehead atoms. The second-order valence-corrected chi connectivity index (χ2v) is 8.33. The van der Waals surface area contributed by atoms with E-state index in [0.717, 1.165) is 14.7 Å². The van der Waals surface area contributed by atoms with Crippen LogP contribution in [0.15, 0.2) is 87.5 Å². The smallest absolute Gasteiger partial charge is 0.492 e. The zero-order valence-electron chi connectivity index (χ0n) is 14.0. The molecule has 0 unspecified atom stereocenters. The van der Waals surface area contributed by atoms with Crippen molar-refractivity contribution in [2.75, 3.05) is 0 Å². The van der Waals surface area contributed by atoms with E-state index in [-0.39, 0.29) is 23.2 Å². The maximum atomic E-state index is 10.0. The third-order valence-corrected chi connectivity index (χ3v) is 7.05. The Morgan fingerprint density at radius 1 is 0.654 bits per heavy atom. The van der Waals surface area contributed by atoms with Gasteiger partial charge in [0.2, 0.25) is 0 Å². The van der Waals surface area contributed by atoms with Gasteiger partial charge in [-0.05, 0) is 72.8 Å². The number of hydrogen-bond acceptors (Lipinski definition) is 4. The van der Waals surface area contributed by atoms with Crippen molar-refractivity contribution in [1.82, 2.24) is 0 Å². The number of carbonyl (C=O) groups excluding carboxylic acids is 1. The average Bonchev–Trinajstić information content (AvgIpc) is 2.62. The summed E-state index contributed by atoms with van der Waals surface area (Å²) in [6.07, 6.45) is 0. The van der Waals surface area contributed by atoms with Crippen LogP contribution in [0.4, 0.5) is 0 Å². The molecule has 3 rings (SSSR count). The zero-order valence-corrected chi connectivity index (χ0v) is 14.9. The monoisotopic (exact) mass is 371 g/mol. The molecule has 0 saturated heterocycles. The highest BCUT2D eigenvalue weighted by Gasteiger charge is 2.41. The van der Waals surface area contributed by atoms with Gasteiger partial charge in [-0.1, -0.05) is 0 Å². The minimum atomic E-state index is -2.40. The van der Waals surface area contributed by atoms with Crippen LogP contribution in [0.25, 0.3) is 0 Å². The molecule has 0 aliphatic heterocycles. The normalized spacial score (nSPS) is 11.7. The number of hydrogen-bond donors (Lipinski definition) is 3. The third-order valence-electron chi connectivity index (χ3n) is 3.75. The Kier molecular flexibility index (Phi) is 4.77. The number of rotatable bonds is 4. The molecule has 0 spiro atoms. The lowest BCUT2D eigenvalue weighted by atomic mass is 10.3. The second-order valence-electron chi connectivity index (χ2n) is 5.64. The summed E-state index contributed by atoms with van der Waals surface area (Å²) >= 11 is 0. The summed E-state index contributed by atoms with van der Waals surface area (Å²) in [7, 11) is -2.40. The van der Waals surface area contributed by atoms with E-state index in [2.05, 4.69) is 0 Å². The molecule has 26 heavy (non-hydrogen) atoms. The molecule has 3 aromatic carbocycles. The molecule has 5 nitrogen and oxygen atoms in total. The molecular formula is C20H19O5S+. The van der Waals surface area contributed by atoms with Crippen LogP contribution in [0.5, 0.6) is 17.2 Å². The molecule has 0 heterocycles. The first-order valence-corrected chi connectivity index (χ1v) is 9.40. The van der Waals surface area contributed by atoms with Crippen molar-refractivity contribution in [2.24, 2.45) is 0 Å². The first-order valence-electron chi connectivity index (χ1n) is 7.84. The quantitative estimate of drug-likeness (QED) is 0.587. The lowest BCUT2D eigenvalue weighted by molar-refractivity contribution is 0.474. The number of benzene rings is 3. The number of phenols is 3. The van der Waals surface area contributed by atoms with Crippen LogP contribution in [0, 0.1) is 0 Å². The largest absolute Gasteiger partial charge is 0.508 e. The first-order chi connectivity index (χ1) is 12.4. The van der Waals surface area contributed by atoms with Crippen LogP contribution in [0.1, 0.15) is 6.92 Å². The molecule has 0 amide bonds. The molecule has 0 radical (unpaired) electrons. The van der Waals surface area contributed by atoms with Gasteiger partial charge >= 0.3 is 5.97 Å². The standard InChI is InChI=1S/C20H18O5S/c1-14(21)25-26(18-8-2-15(22)3-9-18,19-10-4-16(23)5-11-19)20-12-6-17(24)7-13-20/h2-13,22-24H,1H3/p+1. The van der Waals surface area contributed by atoms with Gasteiger partial charge in [-0.25, -0.2) is 0 Å². The fraction of sp³-hybridized carbons (Fsp3) is 0.0500. The van der Waals surface area contributed by atoms with Crippen LogP contribution in [-0.2, 0) is 4.18 Å². The van der Waals surface area contributed by atoms with Crippen molar-refractivity contribution in [3.05, 3.63) is 72.8 Å². The Labute approximate surface area is 152 Å². The van der Waals surface area contributed by atoms with E-state index < -0.39 is 10.3 Å². The van der Waals surface area contributed by atoms with Crippen molar-refractivity contribution in [1.29, 1.82) is 0 Å². The van der Waals surface area contributed by atoms with Crippen molar-refractivity contribution < 1.29 is 24.3 Å². The fourth-order valence-corrected chi connectivity index (χ4v) is 5.67. The predicted octanol–water partition coefficient (Wildman–Crippen LogP) is 4.54. The van der Waals surface area contributed by atoms with Gasteiger partial charge in [-0.2, -0.15) is 0 Å². The van der Waals surface area contributed by atoms with Crippen LogP contribution < -0.4 is 0 Å². The van der Waals surface area contributed by atoms with E-state index in [9.17, 15) is 20.1 Å². The summed E-state index contributed by atoms with van der Waals surface area (Å²) < 4.78 is 6.03. The highest BCUT2D eigenvalue weighted by atomic mass is 32.3. The summed E-state index contributed by atoms with van der Waals surface area (Å²) in [6, 6.07) is 19.7. The summed E-state index contributed by atoms with van der Waals surface area (Å²) in [5.74, 6) is 0.128. The van der Waals surface area contributed by atoms with Gasteiger partial charge in [0.25, 0.3) is 0 Å². The van der Waals surface area contributed by atoms with E-state index >= 15 is 0 Å². The average molecular weight is 371 g/mol. The zero-order chi connectivity index (χ0) is 18.7. The minimum absolute atomic E-state index is 0.114. The topological polar surface area (TPSA) is 91.3 Å². The van der Waals surface area contributed by atoms with Crippen molar-refractivity contribution in [3.63, 3.8) is 0 Å². The summed E-state index contributed by atoms with van der Waals surface area (Å²) in [6.45, 7) is 1.45. The molecule has 134 valence electrons. The van der Waals surface area contributed by atoms with Crippen molar-refractivity contribution in [2.45, 2.75) is 21.6 Å². The maximum absolute atomic E-state index is 10.0. The molecular weight excluding hydrogens is 352 g/mol. The van der Waals surface area contributed by atoms with Gasteiger partial charge in [0, 0.05) is 0 Å². The van der Waals surface area contributed by atoms with Gasteiger partial charge in [0.15, 0.2) is 0 Å². The molecule has 0 saturated carbocycles. The van der Waals surface area contributed by atoms with Crippen molar-refractivity contribution in [3.8, 4) is 17.2 Å². The second kappa shape index (κ2) is 7.01. The van der Waals surface area contributed by atoms with E-state index in [0.29, 0.717) is 0 Å². The predicted molar refractivity (Wildman–Crippen MR) is 100 cm³/mol. The molecule has 0 fully saturated rings. The summed E-state index contributed by atoms with van der Waals surface area (Å²) in [5, 5.41) is 29.0. The molecule has 4 N–H and O–H groups in total. The molecule has 3 aromatic rings.